The summed E-state index contributed by atoms with van der Waals surface area (Å²) in [6.07, 6.45) is 2.38. The summed E-state index contributed by atoms with van der Waals surface area (Å²) >= 11 is 5.63. The Bertz CT molecular complexity index is 1000. The number of anilines is 2. The van der Waals surface area contributed by atoms with E-state index in [-0.39, 0.29) is 17.6 Å². The molecule has 1 amide bonds. The maximum atomic E-state index is 12.1. The molecule has 6 heteroatoms. The van der Waals surface area contributed by atoms with E-state index in [1.807, 2.05) is 36.1 Å². The van der Waals surface area contributed by atoms with E-state index in [9.17, 15) is 4.79 Å². The standard InChI is InChI=1S/C24H29N3O2S/c1-15-7-10-21-18(12-15)19(14-24(3,4)29-21)26-23(30)25-17-8-9-20(16(2)13-17)27-11-5-6-22(27)28/h7-10,12-13,19H,5-6,11,14H2,1-4H3,(H2,25,26,30). The molecular weight excluding hydrogens is 394 g/mol. The summed E-state index contributed by atoms with van der Waals surface area (Å²) in [7, 11) is 0. The highest BCUT2D eigenvalue weighted by Crippen LogP contribution is 2.40. The molecule has 0 saturated carbocycles. The van der Waals surface area contributed by atoms with Gasteiger partial charge in [0.25, 0.3) is 0 Å². The van der Waals surface area contributed by atoms with Gasteiger partial charge in [0.2, 0.25) is 5.91 Å². The zero-order valence-corrected chi connectivity index (χ0v) is 18.9. The Balaban J connectivity index is 1.48. The van der Waals surface area contributed by atoms with Gasteiger partial charge in [0.15, 0.2) is 5.11 Å². The highest BCUT2D eigenvalue weighted by Gasteiger charge is 2.34. The summed E-state index contributed by atoms with van der Waals surface area (Å²) in [6.45, 7) is 9.11. The number of rotatable bonds is 3. The van der Waals surface area contributed by atoms with Crippen LogP contribution >= 0.6 is 12.2 Å². The third-order valence-electron chi connectivity index (χ3n) is 5.75. The monoisotopic (exact) mass is 423 g/mol. The molecule has 2 N–H and O–H groups in total. The van der Waals surface area contributed by atoms with Crippen LogP contribution in [0.2, 0.25) is 0 Å². The Morgan fingerprint density at radius 1 is 1.20 bits per heavy atom. The highest BCUT2D eigenvalue weighted by atomic mass is 32.1. The van der Waals surface area contributed by atoms with Gasteiger partial charge in [-0.15, -0.1) is 0 Å². The Morgan fingerprint density at radius 2 is 2.00 bits per heavy atom. The van der Waals surface area contributed by atoms with Crippen molar-refractivity contribution in [2.75, 3.05) is 16.8 Å². The number of carbonyl (C=O) groups is 1. The number of hydrogen-bond donors (Lipinski definition) is 2. The predicted octanol–water partition coefficient (Wildman–Crippen LogP) is 5.02. The second kappa shape index (κ2) is 7.91. The average molecular weight is 424 g/mol. The molecule has 2 aliphatic heterocycles. The number of nitrogens with one attached hydrogen (secondary N) is 2. The Morgan fingerprint density at radius 3 is 2.70 bits per heavy atom. The van der Waals surface area contributed by atoms with Gasteiger partial charge in [-0.25, -0.2) is 0 Å². The van der Waals surface area contributed by atoms with Crippen LogP contribution in [-0.4, -0.2) is 23.2 Å². The molecule has 30 heavy (non-hydrogen) atoms. The normalized spacial score (nSPS) is 19.8. The molecule has 0 spiro atoms. The molecule has 1 saturated heterocycles. The Hall–Kier alpha value is -2.60. The number of aryl methyl sites for hydroxylation is 2. The third-order valence-corrected chi connectivity index (χ3v) is 5.97. The zero-order valence-electron chi connectivity index (χ0n) is 18.0. The van der Waals surface area contributed by atoms with E-state index in [2.05, 4.69) is 43.5 Å². The van der Waals surface area contributed by atoms with Crippen LogP contribution < -0.4 is 20.3 Å². The number of hydrogen-bond acceptors (Lipinski definition) is 3. The first-order valence-electron chi connectivity index (χ1n) is 10.5. The van der Waals surface area contributed by atoms with Crippen LogP contribution in [0.15, 0.2) is 36.4 Å². The minimum absolute atomic E-state index is 0.0752. The fourth-order valence-corrected chi connectivity index (χ4v) is 4.63. The van der Waals surface area contributed by atoms with Crippen LogP contribution in [0.5, 0.6) is 5.75 Å². The van der Waals surface area contributed by atoms with E-state index in [0.717, 1.165) is 47.6 Å². The van der Waals surface area contributed by atoms with Crippen molar-refractivity contribution < 1.29 is 9.53 Å². The third kappa shape index (κ3) is 4.29. The lowest BCUT2D eigenvalue weighted by atomic mass is 9.89. The molecule has 2 aliphatic rings. The number of nitrogens with zero attached hydrogens (tertiary/aromatic N) is 1. The van der Waals surface area contributed by atoms with Crippen molar-refractivity contribution >= 4 is 34.6 Å². The number of carbonyl (C=O) groups excluding carboxylic acids is 1. The second-order valence-electron chi connectivity index (χ2n) is 8.91. The lowest BCUT2D eigenvalue weighted by Gasteiger charge is -2.38. The number of thiocarbonyl (C=S) groups is 1. The van der Waals surface area contributed by atoms with Gasteiger partial charge in [0, 0.05) is 36.3 Å². The molecule has 0 aromatic heterocycles. The number of fused-ring (bicyclic) bond motifs is 1. The molecule has 0 aliphatic carbocycles. The van der Waals surface area contributed by atoms with E-state index in [4.69, 9.17) is 17.0 Å². The maximum Gasteiger partial charge on any atom is 0.227 e. The average Bonchev–Trinajstić information content (AvgIpc) is 3.07. The minimum atomic E-state index is -0.268. The van der Waals surface area contributed by atoms with Crippen LogP contribution in [0.4, 0.5) is 11.4 Å². The SMILES string of the molecule is Cc1ccc2c(c1)C(NC(=S)Nc1ccc(N3CCCC3=O)c(C)c1)CC(C)(C)O2. The van der Waals surface area contributed by atoms with Crippen molar-refractivity contribution in [1.29, 1.82) is 0 Å². The van der Waals surface area contributed by atoms with Gasteiger partial charge in [-0.3, -0.25) is 4.79 Å². The first-order chi connectivity index (χ1) is 14.2. The summed E-state index contributed by atoms with van der Waals surface area (Å²) in [5, 5.41) is 7.36. The van der Waals surface area contributed by atoms with Crippen LogP contribution in [0.1, 0.15) is 55.8 Å². The minimum Gasteiger partial charge on any atom is -0.487 e. The van der Waals surface area contributed by atoms with Gasteiger partial charge in [0.1, 0.15) is 11.4 Å². The molecule has 5 nitrogen and oxygen atoms in total. The first kappa shape index (κ1) is 20.7. The zero-order chi connectivity index (χ0) is 21.5. The number of benzene rings is 2. The Labute approximate surface area is 183 Å². The van der Waals surface area contributed by atoms with E-state index >= 15 is 0 Å². The van der Waals surface area contributed by atoms with Crippen LogP contribution in [0.3, 0.4) is 0 Å². The van der Waals surface area contributed by atoms with E-state index in [1.165, 1.54) is 5.56 Å². The quantitative estimate of drug-likeness (QED) is 0.679. The van der Waals surface area contributed by atoms with Crippen LogP contribution in [0.25, 0.3) is 0 Å². The Kier molecular flexibility index (Phi) is 5.45. The van der Waals surface area contributed by atoms with E-state index in [1.54, 1.807) is 0 Å². The van der Waals surface area contributed by atoms with Gasteiger partial charge in [-0.1, -0.05) is 17.7 Å². The summed E-state index contributed by atoms with van der Waals surface area (Å²) < 4.78 is 6.15. The molecule has 4 rings (SSSR count). The van der Waals surface area contributed by atoms with Crippen LogP contribution in [0, 0.1) is 13.8 Å². The number of ether oxygens (including phenoxy) is 1. The molecule has 1 fully saturated rings. The van der Waals surface area contributed by atoms with Gasteiger partial charge in [-0.2, -0.15) is 0 Å². The van der Waals surface area contributed by atoms with Crippen molar-refractivity contribution in [3.8, 4) is 5.75 Å². The molecular formula is C24H29N3O2S. The molecule has 158 valence electrons. The van der Waals surface area contributed by atoms with Crippen molar-refractivity contribution in [2.24, 2.45) is 0 Å². The largest absolute Gasteiger partial charge is 0.487 e. The molecule has 2 heterocycles. The topological polar surface area (TPSA) is 53.6 Å². The molecule has 0 bridgehead atoms. The first-order valence-corrected chi connectivity index (χ1v) is 10.9. The lowest BCUT2D eigenvalue weighted by molar-refractivity contribution is -0.117. The molecule has 0 radical (unpaired) electrons. The molecule has 2 aromatic carbocycles. The van der Waals surface area contributed by atoms with E-state index < -0.39 is 0 Å². The van der Waals surface area contributed by atoms with Gasteiger partial charge < -0.3 is 20.3 Å². The molecule has 1 unspecified atom stereocenters. The van der Waals surface area contributed by atoms with E-state index in [0.29, 0.717) is 11.5 Å². The summed E-state index contributed by atoms with van der Waals surface area (Å²) in [5.74, 6) is 1.11. The molecule has 1 atom stereocenters. The van der Waals surface area contributed by atoms with Crippen molar-refractivity contribution in [2.45, 2.75) is 58.6 Å². The predicted molar refractivity (Wildman–Crippen MR) is 125 cm³/mol. The maximum absolute atomic E-state index is 12.1. The summed E-state index contributed by atoms with van der Waals surface area (Å²) in [5.41, 5.74) is 5.03. The number of amides is 1. The van der Waals surface area contributed by atoms with Crippen molar-refractivity contribution in [3.05, 3.63) is 53.1 Å². The van der Waals surface area contributed by atoms with Crippen molar-refractivity contribution in [1.82, 2.24) is 5.32 Å². The lowest BCUT2D eigenvalue weighted by Crippen LogP contribution is -2.42. The second-order valence-corrected chi connectivity index (χ2v) is 9.32. The fraction of sp³-hybridized carbons (Fsp3) is 0.417. The van der Waals surface area contributed by atoms with Crippen molar-refractivity contribution in [3.63, 3.8) is 0 Å². The highest BCUT2D eigenvalue weighted by molar-refractivity contribution is 7.80. The fourth-order valence-electron chi connectivity index (χ4n) is 4.37. The van der Waals surface area contributed by atoms with Gasteiger partial charge >= 0.3 is 0 Å². The van der Waals surface area contributed by atoms with Gasteiger partial charge in [-0.05, 0) is 76.2 Å². The molecule has 2 aromatic rings. The smallest absolute Gasteiger partial charge is 0.227 e. The van der Waals surface area contributed by atoms with Gasteiger partial charge in [0.05, 0.1) is 6.04 Å². The summed E-state index contributed by atoms with van der Waals surface area (Å²) in [6, 6.07) is 12.4. The summed E-state index contributed by atoms with van der Waals surface area (Å²) in [4.78, 5) is 13.9. The van der Waals surface area contributed by atoms with Crippen LogP contribution in [-0.2, 0) is 4.79 Å².